The van der Waals surface area contributed by atoms with Gasteiger partial charge in [-0.05, 0) is 48.9 Å². The first kappa shape index (κ1) is 14.4. The number of nitrogens with zero attached hydrogens (tertiary/aromatic N) is 1. The largest absolute Gasteiger partial charge is 0.287 e. The van der Waals surface area contributed by atoms with Crippen LogP contribution in [0.2, 0.25) is 0 Å². The summed E-state index contributed by atoms with van der Waals surface area (Å²) in [4.78, 5) is 1.31. The molecule has 0 aliphatic carbocycles. The van der Waals surface area contributed by atoms with E-state index in [-0.39, 0.29) is 0 Å². The molecule has 1 heterocycles. The van der Waals surface area contributed by atoms with Crippen molar-refractivity contribution in [1.82, 2.24) is 0 Å². The Morgan fingerprint density at radius 2 is 2.11 bits per heavy atom. The lowest BCUT2D eigenvalue weighted by Gasteiger charge is -2.07. The van der Waals surface area contributed by atoms with Crippen LogP contribution >= 0.6 is 27.7 Å². The molecule has 0 saturated heterocycles. The summed E-state index contributed by atoms with van der Waals surface area (Å²) < 4.78 is 3.28. The van der Waals surface area contributed by atoms with Crippen LogP contribution in [-0.4, -0.2) is 6.26 Å². The lowest BCUT2D eigenvalue weighted by Crippen LogP contribution is -2.36. The van der Waals surface area contributed by atoms with Crippen molar-refractivity contribution in [2.45, 2.75) is 24.3 Å². The van der Waals surface area contributed by atoms with Crippen molar-refractivity contribution in [2.75, 3.05) is 12.0 Å². The van der Waals surface area contributed by atoms with E-state index >= 15 is 0 Å². The van der Waals surface area contributed by atoms with Crippen molar-refractivity contribution in [1.29, 1.82) is 0 Å². The summed E-state index contributed by atoms with van der Waals surface area (Å²) in [6, 6.07) is 12.4. The predicted molar refractivity (Wildman–Crippen MR) is 85.3 cm³/mol. The van der Waals surface area contributed by atoms with Crippen LogP contribution in [0.5, 0.6) is 0 Å². The number of nitrogen functional groups attached to an aromatic ring is 1. The van der Waals surface area contributed by atoms with E-state index in [1.165, 1.54) is 14.9 Å². The molecule has 2 nitrogen and oxygen atoms in total. The standard InChI is InChI=1S/C15H17BrN2S/c1-19-13-7-8-14(16)12(11-13)5-4-10-18-9-3-2-6-15(18)17/h2-3,6-9,11,17H,4-5,10H2,1H3/p+1. The zero-order chi connectivity index (χ0) is 13.7. The second-order valence-electron chi connectivity index (χ2n) is 4.38. The Bertz CT molecular complexity index is 558. The van der Waals surface area contributed by atoms with Gasteiger partial charge in [0.1, 0.15) is 0 Å². The predicted octanol–water partition coefficient (Wildman–Crippen LogP) is 3.67. The average Bonchev–Trinajstić information content (AvgIpc) is 2.43. The van der Waals surface area contributed by atoms with E-state index in [9.17, 15) is 0 Å². The number of benzene rings is 1. The highest BCUT2D eigenvalue weighted by molar-refractivity contribution is 9.10. The Kier molecular flexibility index (Phi) is 5.28. The Balaban J connectivity index is 1.98. The summed E-state index contributed by atoms with van der Waals surface area (Å²) in [5.41, 5.74) is 7.29. The fourth-order valence-electron chi connectivity index (χ4n) is 2.00. The van der Waals surface area contributed by atoms with Crippen molar-refractivity contribution in [3.05, 3.63) is 52.6 Å². The van der Waals surface area contributed by atoms with E-state index in [1.54, 1.807) is 11.8 Å². The molecule has 0 spiro atoms. The second-order valence-corrected chi connectivity index (χ2v) is 6.11. The van der Waals surface area contributed by atoms with Gasteiger partial charge in [-0.1, -0.05) is 22.0 Å². The minimum absolute atomic E-state index is 0.819. The smallest absolute Gasteiger partial charge is 0.272 e. The van der Waals surface area contributed by atoms with Crippen LogP contribution in [0.15, 0.2) is 52.0 Å². The van der Waals surface area contributed by atoms with Crippen molar-refractivity contribution < 1.29 is 4.57 Å². The van der Waals surface area contributed by atoms with Crippen molar-refractivity contribution in [2.24, 2.45) is 0 Å². The number of halogens is 1. The number of pyridine rings is 1. The van der Waals surface area contributed by atoms with Gasteiger partial charge in [-0.3, -0.25) is 5.73 Å². The van der Waals surface area contributed by atoms with Crippen LogP contribution in [0.1, 0.15) is 12.0 Å². The molecule has 4 heteroatoms. The number of anilines is 1. The van der Waals surface area contributed by atoms with Gasteiger partial charge in [0.15, 0.2) is 0 Å². The number of hydrogen-bond acceptors (Lipinski definition) is 2. The SMILES string of the molecule is CSc1ccc(Br)c(CCC[n+]2ccccc2N)c1. The Labute approximate surface area is 127 Å². The highest BCUT2D eigenvalue weighted by Crippen LogP contribution is 2.24. The average molecular weight is 338 g/mol. The highest BCUT2D eigenvalue weighted by atomic mass is 79.9. The molecule has 0 fully saturated rings. The van der Waals surface area contributed by atoms with Crippen LogP contribution in [0.25, 0.3) is 0 Å². The normalized spacial score (nSPS) is 10.6. The first-order valence-electron chi connectivity index (χ1n) is 6.27. The van der Waals surface area contributed by atoms with E-state index < -0.39 is 0 Å². The molecular formula is C15H18BrN2S+. The zero-order valence-electron chi connectivity index (χ0n) is 11.0. The first-order chi connectivity index (χ1) is 9.20. The molecule has 0 radical (unpaired) electrons. The lowest BCUT2D eigenvalue weighted by atomic mass is 10.1. The molecule has 0 saturated carbocycles. The fraction of sp³-hybridized carbons (Fsp3) is 0.267. The van der Waals surface area contributed by atoms with E-state index in [1.807, 2.05) is 24.4 Å². The van der Waals surface area contributed by atoms with E-state index in [0.29, 0.717) is 0 Å². The van der Waals surface area contributed by atoms with Gasteiger partial charge in [-0.2, -0.15) is 0 Å². The third kappa shape index (κ3) is 3.98. The summed E-state index contributed by atoms with van der Waals surface area (Å²) in [6.45, 7) is 0.947. The highest BCUT2D eigenvalue weighted by Gasteiger charge is 2.05. The number of rotatable bonds is 5. The number of aromatic nitrogens is 1. The van der Waals surface area contributed by atoms with E-state index in [2.05, 4.69) is 45.0 Å². The van der Waals surface area contributed by atoms with Crippen LogP contribution in [-0.2, 0) is 13.0 Å². The zero-order valence-corrected chi connectivity index (χ0v) is 13.4. The number of hydrogen-bond donors (Lipinski definition) is 1. The molecule has 0 unspecified atom stereocenters. The Hall–Kier alpha value is -1.00. The molecule has 19 heavy (non-hydrogen) atoms. The maximum Gasteiger partial charge on any atom is 0.272 e. The molecule has 0 aliphatic rings. The summed E-state index contributed by atoms with van der Waals surface area (Å²) in [7, 11) is 0. The molecule has 0 amide bonds. The quantitative estimate of drug-likeness (QED) is 0.666. The maximum atomic E-state index is 5.93. The molecule has 2 N–H and O–H groups in total. The number of thioether (sulfide) groups is 1. The molecule has 100 valence electrons. The van der Waals surface area contributed by atoms with Gasteiger partial charge < -0.3 is 0 Å². The summed E-state index contributed by atoms with van der Waals surface area (Å²) in [5, 5.41) is 0. The van der Waals surface area contributed by atoms with Gasteiger partial charge in [0, 0.05) is 15.4 Å². The Morgan fingerprint density at radius 3 is 2.84 bits per heavy atom. The van der Waals surface area contributed by atoms with Gasteiger partial charge in [-0.25, -0.2) is 4.57 Å². The second kappa shape index (κ2) is 6.96. The van der Waals surface area contributed by atoms with Gasteiger partial charge in [0.25, 0.3) is 5.82 Å². The van der Waals surface area contributed by atoms with Gasteiger partial charge in [-0.15, -0.1) is 11.8 Å². The van der Waals surface area contributed by atoms with Crippen LogP contribution < -0.4 is 10.3 Å². The van der Waals surface area contributed by atoms with Crippen molar-refractivity contribution >= 4 is 33.5 Å². The summed E-state index contributed by atoms with van der Waals surface area (Å²) in [6.07, 6.45) is 6.27. The fourth-order valence-corrected chi connectivity index (χ4v) is 2.91. The minimum atomic E-state index is 0.819. The van der Waals surface area contributed by atoms with Gasteiger partial charge in [0.05, 0.1) is 12.7 Å². The van der Waals surface area contributed by atoms with Gasteiger partial charge in [0.2, 0.25) is 0 Å². The summed E-state index contributed by atoms with van der Waals surface area (Å²) >= 11 is 5.40. The molecule has 2 aromatic rings. The minimum Gasteiger partial charge on any atom is -0.287 e. The monoisotopic (exact) mass is 337 g/mol. The third-order valence-corrected chi connectivity index (χ3v) is 4.57. The van der Waals surface area contributed by atoms with Crippen LogP contribution in [0.3, 0.4) is 0 Å². The maximum absolute atomic E-state index is 5.93. The molecule has 0 aliphatic heterocycles. The molecule has 0 bridgehead atoms. The number of aryl methyl sites for hydroxylation is 2. The topological polar surface area (TPSA) is 29.9 Å². The third-order valence-electron chi connectivity index (χ3n) is 3.07. The Morgan fingerprint density at radius 1 is 1.26 bits per heavy atom. The van der Waals surface area contributed by atoms with Crippen LogP contribution in [0, 0.1) is 0 Å². The molecule has 0 atom stereocenters. The lowest BCUT2D eigenvalue weighted by molar-refractivity contribution is -0.683. The molecule has 1 aromatic carbocycles. The molecule has 1 aromatic heterocycles. The van der Waals surface area contributed by atoms with Gasteiger partial charge >= 0.3 is 0 Å². The first-order valence-corrected chi connectivity index (χ1v) is 8.29. The molecular weight excluding hydrogens is 320 g/mol. The van der Waals surface area contributed by atoms with Crippen LogP contribution in [0.4, 0.5) is 5.82 Å². The molecule has 2 rings (SSSR count). The summed E-state index contributed by atoms with van der Waals surface area (Å²) in [5.74, 6) is 0.819. The van der Waals surface area contributed by atoms with Crippen molar-refractivity contribution in [3.8, 4) is 0 Å². The van der Waals surface area contributed by atoms with E-state index in [4.69, 9.17) is 5.73 Å². The van der Waals surface area contributed by atoms with Crippen molar-refractivity contribution in [3.63, 3.8) is 0 Å². The van der Waals surface area contributed by atoms with E-state index in [0.717, 1.165) is 25.2 Å². The number of nitrogens with two attached hydrogens (primary N) is 1.